The Kier molecular flexibility index (Phi) is 35.1. The van der Waals surface area contributed by atoms with E-state index in [-0.39, 0.29) is 40.4 Å². The highest BCUT2D eigenvalue weighted by Crippen LogP contribution is 2.39. The largest absolute Gasteiger partial charge is 0.494 e. The number of nitrogen functional groups attached to an aromatic ring is 4. The second-order valence-electron chi connectivity index (χ2n) is 34.4. The van der Waals surface area contributed by atoms with Gasteiger partial charge in [0.05, 0.1) is 59.3 Å². The van der Waals surface area contributed by atoms with Crippen LogP contribution in [0.5, 0.6) is 5.75 Å². The summed E-state index contributed by atoms with van der Waals surface area (Å²) in [5.41, 5.74) is 30.9. The number of hydrogen-bond acceptors (Lipinski definition) is 25. The Labute approximate surface area is 816 Å². The number of pyridine rings is 4. The van der Waals surface area contributed by atoms with Gasteiger partial charge in [0.1, 0.15) is 41.7 Å². The fourth-order valence-electron chi connectivity index (χ4n) is 15.9. The van der Waals surface area contributed by atoms with E-state index in [1.54, 1.807) is 60.1 Å². The fourth-order valence-corrected chi connectivity index (χ4v) is 21.2. The number of aromatic nitrogens is 7. The number of carbonyl (C=O) groups is 5. The van der Waals surface area contributed by atoms with E-state index < -0.39 is 0 Å². The number of aryl methyl sites for hydroxylation is 4. The Morgan fingerprint density at radius 3 is 1.44 bits per heavy atom. The number of piperidine rings is 1. The Hall–Kier alpha value is -11.6. The average molecular weight is 1960 g/mol. The molecule has 0 bridgehead atoms. The topological polar surface area (TPSA) is 360 Å². The Balaban J connectivity index is 0.000000152. The fraction of sp³-hybridized carbons (Fsp3) is 0.297. The van der Waals surface area contributed by atoms with Gasteiger partial charge in [-0.1, -0.05) is 125 Å². The van der Waals surface area contributed by atoms with Crippen LogP contribution >= 0.6 is 91.8 Å². The summed E-state index contributed by atoms with van der Waals surface area (Å²) in [6.07, 6.45) is 17.9. The highest BCUT2D eigenvalue weighted by atomic mass is 35.5. The smallest absolute Gasteiger partial charge is 0.261 e. The minimum atomic E-state index is -0.124. The number of ketones is 2. The molecular weight excluding hydrogens is 1850 g/mol. The number of nitrogens with zero attached hydrogens (tertiary/aromatic N) is 9. The van der Waals surface area contributed by atoms with E-state index in [0.29, 0.717) is 140 Å². The molecule has 0 atom stereocenters. The monoisotopic (exact) mass is 1950 g/mol. The van der Waals surface area contributed by atoms with Crippen LogP contribution in [0.25, 0.3) is 43.1 Å². The molecule has 0 aliphatic carbocycles. The molecule has 25 nitrogen and oxygen atoms in total. The number of anilines is 6. The van der Waals surface area contributed by atoms with Crippen molar-refractivity contribution in [1.29, 1.82) is 0 Å². The lowest BCUT2D eigenvalue weighted by molar-refractivity contribution is -0.114. The highest BCUT2D eigenvalue weighted by molar-refractivity contribution is 7.15. The number of Topliss-reactive ketones (excluding diaryl/α,β-unsaturated/α-hetero) is 2. The van der Waals surface area contributed by atoms with E-state index >= 15 is 0 Å². The lowest BCUT2D eigenvalue weighted by atomic mass is 9.77. The molecular formula is C101H111Cl4N19O6S4. The molecule has 134 heavy (non-hydrogen) atoms. The number of likely N-dealkylation sites (tertiary alicyclic amines) is 1. The number of halogens is 4. The first kappa shape index (κ1) is 99.9. The summed E-state index contributed by atoms with van der Waals surface area (Å²) >= 11 is 31.5. The summed E-state index contributed by atoms with van der Waals surface area (Å²) in [4.78, 5) is 93.7. The number of nitrogens with one attached hydrogen (secondary N) is 6. The average Bonchev–Trinajstić information content (AvgIpc) is 1.26. The summed E-state index contributed by atoms with van der Waals surface area (Å²) in [7, 11) is 6.34. The molecule has 1 fully saturated rings. The molecule has 9 aromatic heterocycles. The molecule has 0 unspecified atom stereocenters. The second-order valence-corrected chi connectivity index (χ2v) is 40.5. The van der Waals surface area contributed by atoms with Gasteiger partial charge in [-0.3, -0.25) is 33.6 Å². The predicted molar refractivity (Wildman–Crippen MR) is 552 cm³/mol. The summed E-state index contributed by atoms with van der Waals surface area (Å²) < 4.78 is 7.65. The molecule has 15 aromatic rings. The number of hydrogen-bond donors (Lipinski definition) is 10. The van der Waals surface area contributed by atoms with Gasteiger partial charge < -0.3 is 64.5 Å². The number of thiophene rings is 4. The molecule has 33 heteroatoms. The molecule has 0 spiro atoms. The molecule has 1 aliphatic rings. The minimum absolute atomic E-state index is 0.0649. The van der Waals surface area contributed by atoms with Crippen molar-refractivity contribution in [1.82, 2.24) is 65.8 Å². The highest BCUT2D eigenvalue weighted by Gasteiger charge is 2.43. The summed E-state index contributed by atoms with van der Waals surface area (Å²) in [5.74, 6) is 2.76. The molecule has 698 valence electrons. The zero-order valence-corrected chi connectivity index (χ0v) is 82.4. The van der Waals surface area contributed by atoms with Gasteiger partial charge in [0.25, 0.3) is 11.8 Å². The molecule has 16 rings (SSSR count). The molecule has 1 aliphatic heterocycles. The van der Waals surface area contributed by atoms with Gasteiger partial charge in [-0.05, 0) is 241 Å². The van der Waals surface area contributed by atoms with E-state index in [2.05, 4.69) is 139 Å². The Bertz CT molecular complexity index is 6600. The van der Waals surface area contributed by atoms with Gasteiger partial charge in [-0.2, -0.15) is 5.10 Å². The van der Waals surface area contributed by atoms with Crippen LogP contribution in [0.15, 0.2) is 207 Å². The van der Waals surface area contributed by atoms with E-state index in [1.165, 1.54) is 64.2 Å². The molecule has 14 N–H and O–H groups in total. The van der Waals surface area contributed by atoms with Crippen molar-refractivity contribution < 1.29 is 28.7 Å². The van der Waals surface area contributed by atoms with Crippen LogP contribution in [0, 0.1) is 0 Å². The van der Waals surface area contributed by atoms with Crippen LogP contribution < -0.4 is 59.6 Å². The van der Waals surface area contributed by atoms with Gasteiger partial charge in [-0.15, -0.1) is 45.3 Å². The van der Waals surface area contributed by atoms with Gasteiger partial charge in [0.2, 0.25) is 5.91 Å². The van der Waals surface area contributed by atoms with E-state index in [4.69, 9.17) is 74.1 Å². The van der Waals surface area contributed by atoms with Crippen LogP contribution in [-0.4, -0.2) is 132 Å². The summed E-state index contributed by atoms with van der Waals surface area (Å²) in [5, 5.41) is 33.4. The maximum atomic E-state index is 12.8. The second kappa shape index (κ2) is 47.1. The molecule has 3 amide bonds. The number of nitrogens with two attached hydrogens (primary N) is 4. The summed E-state index contributed by atoms with van der Waals surface area (Å²) in [6.45, 7) is 16.5. The quantitative estimate of drug-likeness (QED) is 0.0130. The molecule has 10 heterocycles. The van der Waals surface area contributed by atoms with Crippen LogP contribution in [0.1, 0.15) is 159 Å². The number of ether oxygens (including phenoxy) is 1. The third-order valence-corrected chi connectivity index (χ3v) is 29.7. The maximum Gasteiger partial charge on any atom is 0.261 e. The molecule has 1 saturated heterocycles. The number of rotatable bonds is 35. The van der Waals surface area contributed by atoms with Gasteiger partial charge >= 0.3 is 0 Å². The van der Waals surface area contributed by atoms with E-state index in [9.17, 15) is 24.0 Å². The third kappa shape index (κ3) is 28.1. The zero-order valence-electron chi connectivity index (χ0n) is 76.1. The summed E-state index contributed by atoms with van der Waals surface area (Å²) in [6, 6.07) is 54.7. The first-order valence-electron chi connectivity index (χ1n) is 44.1. The number of amides is 3. The number of benzene rings is 6. The minimum Gasteiger partial charge on any atom is -0.494 e. The van der Waals surface area contributed by atoms with Crippen molar-refractivity contribution in [3.8, 4) is 5.75 Å². The number of fused-ring (bicyclic) bond motifs is 4. The van der Waals surface area contributed by atoms with E-state index in [0.717, 1.165) is 154 Å². The Morgan fingerprint density at radius 2 is 0.940 bits per heavy atom. The van der Waals surface area contributed by atoms with Crippen molar-refractivity contribution in [3.63, 3.8) is 0 Å². The number of carbonyl (C=O) groups excluding carboxylic acids is 5. The van der Waals surface area contributed by atoms with Crippen molar-refractivity contribution in [2.75, 3.05) is 74.4 Å². The Morgan fingerprint density at radius 1 is 0.493 bits per heavy atom. The first-order chi connectivity index (χ1) is 64.3. The zero-order chi connectivity index (χ0) is 95.2. The lowest BCUT2D eigenvalue weighted by Crippen LogP contribution is -2.62. The maximum absolute atomic E-state index is 12.8. The van der Waals surface area contributed by atoms with Crippen LogP contribution in [-0.2, 0) is 69.7 Å². The molecule has 0 radical (unpaired) electrons. The van der Waals surface area contributed by atoms with E-state index in [1.807, 2.05) is 127 Å². The van der Waals surface area contributed by atoms with Crippen molar-refractivity contribution in [3.05, 3.63) is 294 Å². The van der Waals surface area contributed by atoms with Crippen molar-refractivity contribution >= 4 is 199 Å². The van der Waals surface area contributed by atoms with Gasteiger partial charge in [0, 0.05) is 153 Å². The van der Waals surface area contributed by atoms with Crippen molar-refractivity contribution in [2.45, 2.75) is 155 Å². The van der Waals surface area contributed by atoms with Gasteiger partial charge in [-0.25, -0.2) is 24.9 Å². The molecule has 0 saturated carbocycles. The normalized spacial score (nSPS) is 12.9. The molecule has 6 aromatic carbocycles. The van der Waals surface area contributed by atoms with Crippen LogP contribution in [0.4, 0.5) is 34.6 Å². The van der Waals surface area contributed by atoms with Crippen molar-refractivity contribution in [2.24, 2.45) is 0 Å². The van der Waals surface area contributed by atoms with Crippen LogP contribution in [0.3, 0.4) is 0 Å². The lowest BCUT2D eigenvalue weighted by Gasteiger charge is -2.53. The predicted octanol–water partition coefficient (Wildman–Crippen LogP) is 20.8. The third-order valence-electron chi connectivity index (χ3n) is 23.2. The van der Waals surface area contributed by atoms with Crippen LogP contribution in [0.2, 0.25) is 20.1 Å². The first-order valence-corrected chi connectivity index (χ1v) is 48.9. The standard InChI is InChI=1S/C29H33ClN4O2S.C26H34ClN5OS.C25H23ClN4O2S.C21H21ClN6OS/c1-34(2)14-5-15-36-23-8-3-6-20(17-23)7-4-9-26-25(30)18-27(37-26)29(35)33-19-21-10-11-24-22(16-21)12-13-32-28(24)31;1-25(2)12-18(13-26(3,4)32(25)5)30-15-22-20(27)11-21(34-22)24(33)31-14-16-6-7-19-17(10-16)8-9-29-23(19)28;1-15(31)30-19-4-2-3-18(12-19)29-14-24-21(26)13-23(33-24)22(32)8-6-16-5-7-20-17(11-16)9-10-28-25(20)27;22-17-10-19(30-20(17)11-24-7-8-28-13-25-12-27-28)18(29)4-2-14-1-3-16-15(9-14)5-6-26-21(16)23/h3,6,8,10-13,16-18H,4-5,7,9,14-15,19H2,1-2H3,(H2,31,32)(H,33,35);6-11,18,30H,12-15H2,1-5H3,(H2,28,29)(H,31,33);2-5,7,9-13,29H,6,8,14H2,1H3,(H2,27,28)(H,30,31);1,3,5-6,9-10,12-13,24H,2,4,7-8,11H2,(H2,23,26). The van der Waals surface area contributed by atoms with Gasteiger partial charge in [0.15, 0.2) is 11.6 Å². The SMILES string of the molecule is CC(=O)Nc1cccc(NCc2sc(C(=O)CCc3ccc4c(N)nccc4c3)cc2Cl)c1.CN(C)CCCOc1cccc(CCCc2sc(C(=O)NCc3ccc4c(N)nccc4c3)cc2Cl)c1.CN1C(C)(C)CC(NCc2sc(C(=O)NCc3ccc4c(N)nccc4c3)cc2Cl)CC1(C)C.Nc1nccc2cc(CCC(=O)c3cc(Cl)c(CNCCn4cncn4)s3)ccc12.